The molecule has 2 heterocycles. The molecule has 0 fully saturated rings. The summed E-state index contributed by atoms with van der Waals surface area (Å²) in [5.74, 6) is 0.936. The summed E-state index contributed by atoms with van der Waals surface area (Å²) in [7, 11) is 0. The first-order valence-electron chi connectivity index (χ1n) is 7.24. The second-order valence-corrected chi connectivity index (χ2v) is 5.68. The Bertz CT molecular complexity index is 704. The minimum absolute atomic E-state index is 0. The molecule has 2 atom stereocenters. The van der Waals surface area contributed by atoms with Crippen molar-refractivity contribution >= 4 is 17.0 Å². The second-order valence-electron chi connectivity index (χ2n) is 5.68. The Balaban J connectivity index is 0.00000144. The number of fused-ring (bicyclic) bond motifs is 5. The van der Waals surface area contributed by atoms with Crippen LogP contribution in [-0.4, -0.2) is 29.4 Å². The van der Waals surface area contributed by atoms with Crippen molar-refractivity contribution in [3.63, 3.8) is 0 Å². The van der Waals surface area contributed by atoms with Gasteiger partial charge in [-0.2, -0.15) is 0 Å². The van der Waals surface area contributed by atoms with Gasteiger partial charge in [0, 0.05) is 11.5 Å². The van der Waals surface area contributed by atoms with Gasteiger partial charge < -0.3 is 20.3 Å². The standard InChI is InChI=1S/C17H17NO3.BrH/c19-14-7-10-5-6-18-13-9-21-16-4-2-1-3-11(16)17(13)12(10)8-15(14)20;/h1-4,7-8,13,17-20H,5-6,9H2;1H/t13-,17+;/m0./s1. The average molecular weight is 364 g/mol. The number of phenols is 2. The zero-order chi connectivity index (χ0) is 14.4. The second kappa shape index (κ2) is 5.82. The van der Waals surface area contributed by atoms with Crippen molar-refractivity contribution in [2.45, 2.75) is 18.4 Å². The Hall–Kier alpha value is -1.72. The minimum Gasteiger partial charge on any atom is -0.504 e. The van der Waals surface area contributed by atoms with Crippen LogP contribution in [-0.2, 0) is 6.42 Å². The van der Waals surface area contributed by atoms with E-state index in [-0.39, 0.29) is 40.4 Å². The van der Waals surface area contributed by atoms with E-state index in [0.717, 1.165) is 35.4 Å². The van der Waals surface area contributed by atoms with E-state index in [0.29, 0.717) is 6.61 Å². The number of benzene rings is 2. The molecule has 2 aromatic carbocycles. The van der Waals surface area contributed by atoms with E-state index < -0.39 is 0 Å². The normalized spacial score (nSPS) is 22.2. The van der Waals surface area contributed by atoms with E-state index >= 15 is 0 Å². The van der Waals surface area contributed by atoms with E-state index in [2.05, 4.69) is 11.4 Å². The lowest BCUT2D eigenvalue weighted by atomic mass is 9.81. The van der Waals surface area contributed by atoms with Crippen molar-refractivity contribution in [3.05, 3.63) is 53.1 Å². The van der Waals surface area contributed by atoms with Gasteiger partial charge >= 0.3 is 0 Å². The molecule has 0 aliphatic carbocycles. The third-order valence-electron chi connectivity index (χ3n) is 4.45. The Labute approximate surface area is 139 Å². The molecule has 0 spiro atoms. The first-order valence-corrected chi connectivity index (χ1v) is 7.24. The van der Waals surface area contributed by atoms with Crippen LogP contribution in [0.4, 0.5) is 0 Å². The van der Waals surface area contributed by atoms with E-state index in [1.807, 2.05) is 18.2 Å². The van der Waals surface area contributed by atoms with E-state index in [1.54, 1.807) is 12.1 Å². The number of aromatic hydroxyl groups is 2. The van der Waals surface area contributed by atoms with Crippen LogP contribution < -0.4 is 10.1 Å². The zero-order valence-corrected chi connectivity index (χ0v) is 13.7. The summed E-state index contributed by atoms with van der Waals surface area (Å²) < 4.78 is 5.84. The fourth-order valence-electron chi connectivity index (χ4n) is 3.46. The number of hydrogen-bond donors (Lipinski definition) is 3. The molecule has 0 saturated heterocycles. The maximum atomic E-state index is 9.90. The minimum atomic E-state index is -0.0571. The summed E-state index contributed by atoms with van der Waals surface area (Å²) >= 11 is 0. The smallest absolute Gasteiger partial charge is 0.157 e. The number of nitrogens with one attached hydrogen (secondary N) is 1. The lowest BCUT2D eigenvalue weighted by Crippen LogP contribution is -2.42. The van der Waals surface area contributed by atoms with Gasteiger partial charge in [0.15, 0.2) is 11.5 Å². The highest BCUT2D eigenvalue weighted by Crippen LogP contribution is 2.43. The third kappa shape index (κ3) is 2.34. The molecule has 0 saturated carbocycles. The molecule has 0 radical (unpaired) electrons. The Kier molecular flexibility index (Phi) is 4.02. The van der Waals surface area contributed by atoms with Gasteiger partial charge in [-0.3, -0.25) is 0 Å². The molecule has 116 valence electrons. The monoisotopic (exact) mass is 363 g/mol. The van der Waals surface area contributed by atoms with Gasteiger partial charge in [0.25, 0.3) is 0 Å². The van der Waals surface area contributed by atoms with Gasteiger partial charge in [-0.15, -0.1) is 17.0 Å². The molecule has 2 aliphatic rings. The first kappa shape index (κ1) is 15.2. The number of ether oxygens (including phenoxy) is 1. The zero-order valence-electron chi connectivity index (χ0n) is 12.0. The van der Waals surface area contributed by atoms with Crippen LogP contribution in [0.15, 0.2) is 36.4 Å². The molecule has 2 aromatic rings. The van der Waals surface area contributed by atoms with Crippen LogP contribution >= 0.6 is 17.0 Å². The fraction of sp³-hybridized carbons (Fsp3) is 0.294. The highest BCUT2D eigenvalue weighted by Gasteiger charge is 2.35. The lowest BCUT2D eigenvalue weighted by molar-refractivity contribution is 0.227. The molecule has 0 aromatic heterocycles. The van der Waals surface area contributed by atoms with Gasteiger partial charge in [-0.05, 0) is 42.3 Å². The van der Waals surface area contributed by atoms with Gasteiger partial charge in [0.1, 0.15) is 12.4 Å². The number of hydrogen-bond acceptors (Lipinski definition) is 4. The van der Waals surface area contributed by atoms with Crippen LogP contribution in [0.2, 0.25) is 0 Å². The molecule has 4 nitrogen and oxygen atoms in total. The largest absolute Gasteiger partial charge is 0.504 e. The van der Waals surface area contributed by atoms with Crippen LogP contribution in [0, 0.1) is 0 Å². The molecule has 2 aliphatic heterocycles. The molecule has 3 N–H and O–H groups in total. The Morgan fingerprint density at radius 1 is 1.05 bits per heavy atom. The predicted octanol–water partition coefficient (Wildman–Crippen LogP) is 2.71. The number of rotatable bonds is 0. The van der Waals surface area contributed by atoms with Crippen molar-refractivity contribution in [2.75, 3.05) is 13.2 Å². The molecular formula is C17H18BrNO3. The van der Waals surface area contributed by atoms with Gasteiger partial charge in [0.2, 0.25) is 0 Å². The van der Waals surface area contributed by atoms with Crippen molar-refractivity contribution in [2.24, 2.45) is 0 Å². The maximum Gasteiger partial charge on any atom is 0.157 e. The molecule has 0 bridgehead atoms. The quantitative estimate of drug-likeness (QED) is 0.629. The summed E-state index contributed by atoms with van der Waals surface area (Å²) in [5, 5.41) is 23.2. The summed E-state index contributed by atoms with van der Waals surface area (Å²) in [5.41, 5.74) is 3.30. The van der Waals surface area contributed by atoms with Crippen LogP contribution in [0.3, 0.4) is 0 Å². The Morgan fingerprint density at radius 3 is 2.68 bits per heavy atom. The topological polar surface area (TPSA) is 61.7 Å². The number of para-hydroxylation sites is 1. The van der Waals surface area contributed by atoms with Crippen molar-refractivity contribution < 1.29 is 14.9 Å². The SMILES string of the molecule is Br.Oc1cc2c(cc1O)[C@H]1c3ccccc3OC[C@@H]1NCC2. The number of halogens is 1. The summed E-state index contributed by atoms with van der Waals surface area (Å²) in [6.45, 7) is 1.45. The predicted molar refractivity (Wildman–Crippen MR) is 89.4 cm³/mol. The molecule has 0 amide bonds. The van der Waals surface area contributed by atoms with Crippen LogP contribution in [0.25, 0.3) is 0 Å². The molecule has 0 unspecified atom stereocenters. The van der Waals surface area contributed by atoms with Crippen molar-refractivity contribution in [1.29, 1.82) is 0 Å². The first-order chi connectivity index (χ1) is 10.2. The van der Waals surface area contributed by atoms with Gasteiger partial charge in [0.05, 0.1) is 6.04 Å². The average Bonchev–Trinajstić information content (AvgIpc) is 2.67. The Morgan fingerprint density at radius 2 is 1.82 bits per heavy atom. The molecular weight excluding hydrogens is 346 g/mol. The van der Waals surface area contributed by atoms with E-state index in [4.69, 9.17) is 4.74 Å². The fourth-order valence-corrected chi connectivity index (χ4v) is 3.46. The van der Waals surface area contributed by atoms with E-state index in [9.17, 15) is 10.2 Å². The van der Waals surface area contributed by atoms with Crippen LogP contribution in [0.5, 0.6) is 17.2 Å². The third-order valence-corrected chi connectivity index (χ3v) is 4.45. The molecule has 5 heteroatoms. The van der Waals surface area contributed by atoms with E-state index in [1.165, 1.54) is 0 Å². The molecule has 4 rings (SSSR count). The van der Waals surface area contributed by atoms with Crippen LogP contribution in [0.1, 0.15) is 22.6 Å². The maximum absolute atomic E-state index is 9.90. The summed E-state index contributed by atoms with van der Waals surface area (Å²) in [4.78, 5) is 0. The van der Waals surface area contributed by atoms with Crippen molar-refractivity contribution in [3.8, 4) is 17.2 Å². The lowest BCUT2D eigenvalue weighted by Gasteiger charge is -2.33. The molecule has 22 heavy (non-hydrogen) atoms. The summed E-state index contributed by atoms with van der Waals surface area (Å²) in [6.07, 6.45) is 0.832. The highest BCUT2D eigenvalue weighted by molar-refractivity contribution is 8.93. The highest BCUT2D eigenvalue weighted by atomic mass is 79.9. The summed E-state index contributed by atoms with van der Waals surface area (Å²) in [6, 6.07) is 11.6. The van der Waals surface area contributed by atoms with Gasteiger partial charge in [-0.25, -0.2) is 0 Å². The van der Waals surface area contributed by atoms with Gasteiger partial charge in [-0.1, -0.05) is 18.2 Å². The number of phenolic OH excluding ortho intramolecular Hbond substituents is 2. The van der Waals surface area contributed by atoms with Crippen molar-refractivity contribution in [1.82, 2.24) is 5.32 Å².